The normalized spacial score (nSPS) is 12.7. The summed E-state index contributed by atoms with van der Waals surface area (Å²) >= 11 is 1.72. The van der Waals surface area contributed by atoms with Crippen molar-refractivity contribution in [3.63, 3.8) is 0 Å². The van der Waals surface area contributed by atoms with Gasteiger partial charge in [-0.05, 0) is 29.3 Å². The summed E-state index contributed by atoms with van der Waals surface area (Å²) in [5.74, 6) is 1.21. The number of amides is 2. The fraction of sp³-hybridized carbons (Fsp3) is 0.174. The number of hydrogen-bond acceptors (Lipinski definition) is 4. The molecule has 4 rings (SSSR count). The number of aromatic nitrogens is 2. The lowest BCUT2D eigenvalue weighted by molar-refractivity contribution is -0.122. The summed E-state index contributed by atoms with van der Waals surface area (Å²) in [5, 5.41) is 10.2. The Morgan fingerprint density at radius 3 is 2.65 bits per heavy atom. The number of fused-ring (bicyclic) bond motifs is 1. The van der Waals surface area contributed by atoms with Crippen LogP contribution in [0, 0.1) is 5.82 Å². The lowest BCUT2D eigenvalue weighted by atomic mass is 10.2. The largest absolute Gasteiger partial charge is 0.350 e. The highest BCUT2D eigenvalue weighted by Crippen LogP contribution is 2.34. The SMILES string of the molecule is O=C(/C=C\c1ccccc1)Nc1c2c(nn1CC(=O)NCc1ccc(F)cc1)CSC2. The molecule has 0 bridgehead atoms. The van der Waals surface area contributed by atoms with Crippen molar-refractivity contribution in [3.8, 4) is 0 Å². The van der Waals surface area contributed by atoms with Gasteiger partial charge in [0.25, 0.3) is 0 Å². The Morgan fingerprint density at radius 2 is 1.87 bits per heavy atom. The van der Waals surface area contributed by atoms with E-state index in [0.29, 0.717) is 5.82 Å². The van der Waals surface area contributed by atoms with Crippen LogP contribution in [0.15, 0.2) is 60.7 Å². The van der Waals surface area contributed by atoms with Gasteiger partial charge in [0.2, 0.25) is 11.8 Å². The van der Waals surface area contributed by atoms with Crippen LogP contribution in [0.1, 0.15) is 22.4 Å². The average molecular weight is 437 g/mol. The predicted octanol–water partition coefficient (Wildman–Crippen LogP) is 3.74. The van der Waals surface area contributed by atoms with E-state index in [1.165, 1.54) is 18.2 Å². The molecule has 0 unspecified atom stereocenters. The second-order valence-corrected chi connectivity index (χ2v) is 8.05. The Hall–Kier alpha value is -3.39. The van der Waals surface area contributed by atoms with Crippen molar-refractivity contribution in [3.05, 3.63) is 88.9 Å². The molecule has 6 nitrogen and oxygen atoms in total. The maximum Gasteiger partial charge on any atom is 0.249 e. The van der Waals surface area contributed by atoms with Gasteiger partial charge in [-0.3, -0.25) is 9.59 Å². The number of carbonyl (C=O) groups is 2. The monoisotopic (exact) mass is 436 g/mol. The minimum atomic E-state index is -0.319. The van der Waals surface area contributed by atoms with Gasteiger partial charge in [0, 0.05) is 29.7 Å². The Labute approximate surface area is 183 Å². The van der Waals surface area contributed by atoms with E-state index in [0.717, 1.165) is 33.9 Å². The van der Waals surface area contributed by atoms with Gasteiger partial charge in [-0.1, -0.05) is 42.5 Å². The van der Waals surface area contributed by atoms with Crippen LogP contribution in [0.5, 0.6) is 0 Å². The minimum Gasteiger partial charge on any atom is -0.350 e. The van der Waals surface area contributed by atoms with E-state index in [1.807, 2.05) is 30.3 Å². The fourth-order valence-electron chi connectivity index (χ4n) is 3.21. The third-order valence-electron chi connectivity index (χ3n) is 4.78. The second-order valence-electron chi connectivity index (χ2n) is 7.06. The number of halogens is 1. The molecule has 2 N–H and O–H groups in total. The lowest BCUT2D eigenvalue weighted by Crippen LogP contribution is -2.28. The molecular weight excluding hydrogens is 415 g/mol. The highest BCUT2D eigenvalue weighted by Gasteiger charge is 2.24. The molecule has 8 heteroatoms. The number of carbonyl (C=O) groups excluding carboxylic acids is 2. The molecule has 31 heavy (non-hydrogen) atoms. The third kappa shape index (κ3) is 5.40. The zero-order valence-corrected chi connectivity index (χ0v) is 17.5. The number of anilines is 1. The molecule has 0 fully saturated rings. The third-order valence-corrected chi connectivity index (χ3v) is 5.75. The molecule has 0 spiro atoms. The van der Waals surface area contributed by atoms with Crippen molar-refractivity contribution in [2.45, 2.75) is 24.6 Å². The lowest BCUT2D eigenvalue weighted by Gasteiger charge is -2.10. The maximum absolute atomic E-state index is 13.0. The molecule has 1 aliphatic heterocycles. The summed E-state index contributed by atoms with van der Waals surface area (Å²) in [6, 6.07) is 15.5. The quantitative estimate of drug-likeness (QED) is 0.554. The molecule has 2 amide bonds. The summed E-state index contributed by atoms with van der Waals surface area (Å²) in [7, 11) is 0. The van der Waals surface area contributed by atoms with Crippen molar-refractivity contribution in [2.75, 3.05) is 5.32 Å². The van der Waals surface area contributed by atoms with Gasteiger partial charge in [-0.25, -0.2) is 9.07 Å². The Balaban J connectivity index is 1.42. The maximum atomic E-state index is 13.0. The number of rotatable bonds is 7. The van der Waals surface area contributed by atoms with Gasteiger partial charge in [0.1, 0.15) is 18.2 Å². The van der Waals surface area contributed by atoms with Crippen LogP contribution in [0.2, 0.25) is 0 Å². The molecule has 2 heterocycles. The number of benzene rings is 2. The van der Waals surface area contributed by atoms with Crippen LogP contribution in [0.4, 0.5) is 10.2 Å². The molecule has 1 aliphatic rings. The Bertz CT molecular complexity index is 1110. The summed E-state index contributed by atoms with van der Waals surface area (Å²) in [6.07, 6.45) is 3.20. The summed E-state index contributed by atoms with van der Waals surface area (Å²) in [5.41, 5.74) is 3.57. The van der Waals surface area contributed by atoms with E-state index in [9.17, 15) is 14.0 Å². The van der Waals surface area contributed by atoms with Crippen molar-refractivity contribution in [2.24, 2.45) is 0 Å². The molecule has 158 valence electrons. The molecule has 3 aromatic rings. The van der Waals surface area contributed by atoms with E-state index in [-0.39, 0.29) is 30.7 Å². The molecule has 0 radical (unpaired) electrons. The topological polar surface area (TPSA) is 76.0 Å². The smallest absolute Gasteiger partial charge is 0.249 e. The van der Waals surface area contributed by atoms with Crippen LogP contribution in [0.3, 0.4) is 0 Å². The van der Waals surface area contributed by atoms with E-state index >= 15 is 0 Å². The van der Waals surface area contributed by atoms with Crippen LogP contribution in [0.25, 0.3) is 6.08 Å². The van der Waals surface area contributed by atoms with Crippen LogP contribution < -0.4 is 10.6 Å². The van der Waals surface area contributed by atoms with Gasteiger partial charge in [-0.2, -0.15) is 16.9 Å². The van der Waals surface area contributed by atoms with Gasteiger partial charge in [0.05, 0.1) is 5.69 Å². The van der Waals surface area contributed by atoms with E-state index < -0.39 is 0 Å². The van der Waals surface area contributed by atoms with Crippen molar-refractivity contribution in [1.82, 2.24) is 15.1 Å². The molecule has 0 atom stereocenters. The van der Waals surface area contributed by atoms with Crippen LogP contribution in [-0.4, -0.2) is 21.6 Å². The first kappa shape index (κ1) is 20.9. The zero-order valence-electron chi connectivity index (χ0n) is 16.7. The predicted molar refractivity (Wildman–Crippen MR) is 120 cm³/mol. The zero-order chi connectivity index (χ0) is 21.6. The standard InChI is InChI=1S/C23H21FN4O2S/c24-18-9-6-17(7-10-18)12-25-22(30)13-28-23(19-14-31-15-20(19)27-28)26-21(29)11-8-16-4-2-1-3-5-16/h1-11H,12-15H2,(H,25,30)(H,26,29)/b11-8-. The second kappa shape index (κ2) is 9.61. The van der Waals surface area contributed by atoms with E-state index in [1.54, 1.807) is 34.7 Å². The summed E-state index contributed by atoms with van der Waals surface area (Å²) in [4.78, 5) is 24.9. The highest BCUT2D eigenvalue weighted by molar-refractivity contribution is 7.98. The first-order chi connectivity index (χ1) is 15.1. The first-order valence-electron chi connectivity index (χ1n) is 9.80. The molecular formula is C23H21FN4O2S. The molecule has 0 aliphatic carbocycles. The van der Waals surface area contributed by atoms with Crippen molar-refractivity contribution in [1.29, 1.82) is 0 Å². The highest BCUT2D eigenvalue weighted by atomic mass is 32.2. The first-order valence-corrected chi connectivity index (χ1v) is 11.0. The molecule has 1 aromatic heterocycles. The number of nitrogens with zero attached hydrogens (tertiary/aromatic N) is 2. The number of hydrogen-bond donors (Lipinski definition) is 2. The number of nitrogens with one attached hydrogen (secondary N) is 2. The van der Waals surface area contributed by atoms with Crippen molar-refractivity contribution < 1.29 is 14.0 Å². The fourth-order valence-corrected chi connectivity index (χ4v) is 4.24. The Morgan fingerprint density at radius 1 is 1.10 bits per heavy atom. The van der Waals surface area contributed by atoms with Gasteiger partial charge < -0.3 is 10.6 Å². The minimum absolute atomic E-state index is 0.0170. The van der Waals surface area contributed by atoms with Gasteiger partial charge in [-0.15, -0.1) is 0 Å². The molecule has 2 aromatic carbocycles. The van der Waals surface area contributed by atoms with E-state index in [4.69, 9.17) is 0 Å². The molecule has 0 saturated carbocycles. The number of thioether (sulfide) groups is 1. The van der Waals surface area contributed by atoms with E-state index in [2.05, 4.69) is 15.7 Å². The van der Waals surface area contributed by atoms with Crippen LogP contribution in [-0.2, 0) is 34.2 Å². The van der Waals surface area contributed by atoms with Crippen LogP contribution >= 0.6 is 11.8 Å². The molecule has 0 saturated heterocycles. The Kier molecular flexibility index (Phi) is 6.47. The van der Waals surface area contributed by atoms with Crippen molar-refractivity contribution >= 4 is 35.5 Å². The average Bonchev–Trinajstić information content (AvgIpc) is 3.35. The van der Waals surface area contributed by atoms with Gasteiger partial charge >= 0.3 is 0 Å². The summed E-state index contributed by atoms with van der Waals surface area (Å²) < 4.78 is 14.6. The van der Waals surface area contributed by atoms with Gasteiger partial charge in [0.15, 0.2) is 0 Å². The summed E-state index contributed by atoms with van der Waals surface area (Å²) in [6.45, 7) is 0.272.